The zero-order valence-corrected chi connectivity index (χ0v) is 16.5. The van der Waals surface area contributed by atoms with E-state index in [-0.39, 0.29) is 10.1 Å². The first-order valence-electron chi connectivity index (χ1n) is 7.95. The van der Waals surface area contributed by atoms with E-state index in [9.17, 15) is 9.59 Å². The van der Waals surface area contributed by atoms with Crippen molar-refractivity contribution >= 4 is 58.3 Å². The minimum Gasteiger partial charge on any atom is -0.386 e. The minimum atomic E-state index is -1.55. The summed E-state index contributed by atoms with van der Waals surface area (Å²) in [7, 11) is 2.84. The molecular weight excluding hydrogens is 426 g/mol. The number of carbonyl (C=O) groups is 2. The van der Waals surface area contributed by atoms with Crippen LogP contribution in [0.2, 0.25) is 0 Å². The molecule has 0 spiro atoms. The highest BCUT2D eigenvalue weighted by Crippen LogP contribution is 2.79. The van der Waals surface area contributed by atoms with E-state index in [1.54, 1.807) is 0 Å². The maximum Gasteiger partial charge on any atom is 0.343 e. The molecule has 1 fully saturated rings. The van der Waals surface area contributed by atoms with Crippen LogP contribution in [-0.2, 0) is 23.8 Å². The third kappa shape index (κ3) is 1.38. The Balaban J connectivity index is 1.83. The van der Waals surface area contributed by atoms with Crippen molar-refractivity contribution in [2.24, 2.45) is 23.7 Å². The fraction of sp³-hybridized carbons (Fsp3) is 0.529. The van der Waals surface area contributed by atoms with Gasteiger partial charge in [0, 0.05) is 37.9 Å². The number of hydrogen-bond acceptors (Lipinski definition) is 5. The van der Waals surface area contributed by atoms with Crippen molar-refractivity contribution in [3.8, 4) is 0 Å². The quantitative estimate of drug-likeness (QED) is 0.218. The van der Waals surface area contributed by atoms with Crippen molar-refractivity contribution in [1.29, 1.82) is 0 Å². The van der Waals surface area contributed by atoms with Crippen molar-refractivity contribution in [3.63, 3.8) is 0 Å². The summed E-state index contributed by atoms with van der Waals surface area (Å²) in [5, 5.41) is 0.281. The highest BCUT2D eigenvalue weighted by Gasteiger charge is 2.87. The van der Waals surface area contributed by atoms with Gasteiger partial charge >= 0.3 is 11.9 Å². The average Bonchev–Trinajstić information content (AvgIpc) is 3.09. The summed E-state index contributed by atoms with van der Waals surface area (Å²) in [6, 6.07) is 0. The highest BCUT2D eigenvalue weighted by atomic mass is 35.5. The van der Waals surface area contributed by atoms with Gasteiger partial charge in [-0.15, -0.1) is 23.2 Å². The number of esters is 2. The van der Waals surface area contributed by atoms with Crippen LogP contribution < -0.4 is 0 Å². The summed E-state index contributed by atoms with van der Waals surface area (Å²) in [6.07, 6.45) is 3.70. The standard InChI is InChI=1S/C17H12Cl4O5/c1-24-17(25-2)15(20)9-5-3-4-6(8-7(5)13(22)26-14(8)23)10(9)16(17,21)12(19)11(15)18/h3-6,9-10H,1-2H3/t5-,6+,9-,10+,15-,16+. The minimum absolute atomic E-state index is 0.140. The molecule has 1 heterocycles. The first-order valence-corrected chi connectivity index (χ1v) is 9.46. The summed E-state index contributed by atoms with van der Waals surface area (Å²) in [4.78, 5) is 21.7. The molecule has 1 saturated carbocycles. The number of alkyl halides is 2. The van der Waals surface area contributed by atoms with Crippen LogP contribution in [0.15, 0.2) is 33.4 Å². The number of halogens is 4. The van der Waals surface area contributed by atoms with Gasteiger partial charge in [0.2, 0.25) is 5.79 Å². The van der Waals surface area contributed by atoms with Gasteiger partial charge in [0.15, 0.2) is 0 Å². The van der Waals surface area contributed by atoms with Gasteiger partial charge < -0.3 is 14.2 Å². The Morgan fingerprint density at radius 3 is 1.62 bits per heavy atom. The molecule has 6 rings (SSSR count). The topological polar surface area (TPSA) is 61.8 Å². The van der Waals surface area contributed by atoms with Crippen LogP contribution in [-0.4, -0.2) is 41.7 Å². The van der Waals surface area contributed by atoms with Gasteiger partial charge in [0.05, 0.1) is 21.2 Å². The molecule has 0 N–H and O–H groups in total. The summed E-state index contributed by atoms with van der Waals surface area (Å²) in [6.45, 7) is 0. The molecule has 9 heteroatoms. The lowest BCUT2D eigenvalue weighted by atomic mass is 9.57. The van der Waals surface area contributed by atoms with Crippen LogP contribution in [0.3, 0.4) is 0 Å². The molecule has 0 amide bonds. The largest absolute Gasteiger partial charge is 0.386 e. The lowest BCUT2D eigenvalue weighted by molar-refractivity contribution is -0.221. The van der Waals surface area contributed by atoms with E-state index in [1.807, 2.05) is 12.2 Å². The zero-order chi connectivity index (χ0) is 18.8. The predicted molar refractivity (Wildman–Crippen MR) is 93.9 cm³/mol. The van der Waals surface area contributed by atoms with E-state index in [2.05, 4.69) is 0 Å². The van der Waals surface area contributed by atoms with Gasteiger partial charge in [-0.25, -0.2) is 9.59 Å². The molecule has 26 heavy (non-hydrogen) atoms. The van der Waals surface area contributed by atoms with Crippen LogP contribution in [0.1, 0.15) is 0 Å². The predicted octanol–water partition coefficient (Wildman–Crippen LogP) is 3.08. The Labute approximate surface area is 168 Å². The molecule has 0 radical (unpaired) electrons. The van der Waals surface area contributed by atoms with E-state index < -0.39 is 51.1 Å². The molecule has 6 atom stereocenters. The normalized spacial score (nSPS) is 47.0. The van der Waals surface area contributed by atoms with Crippen LogP contribution >= 0.6 is 46.4 Å². The van der Waals surface area contributed by atoms with Crippen molar-refractivity contribution in [2.75, 3.05) is 14.2 Å². The lowest BCUT2D eigenvalue weighted by Gasteiger charge is -2.48. The number of allylic oxidation sites excluding steroid dienone is 2. The smallest absolute Gasteiger partial charge is 0.343 e. The molecule has 0 saturated heterocycles. The van der Waals surface area contributed by atoms with E-state index in [1.165, 1.54) is 14.2 Å². The first-order chi connectivity index (χ1) is 12.2. The molecule has 0 aromatic rings. The third-order valence-electron chi connectivity index (χ3n) is 6.55. The fourth-order valence-corrected chi connectivity index (χ4v) is 8.08. The second-order valence-electron chi connectivity index (χ2n) is 7.07. The van der Waals surface area contributed by atoms with Crippen LogP contribution in [0, 0.1) is 23.7 Å². The average molecular weight is 438 g/mol. The molecule has 0 aromatic heterocycles. The maximum atomic E-state index is 12.3. The van der Waals surface area contributed by atoms with Crippen LogP contribution in [0.5, 0.6) is 0 Å². The molecule has 6 aliphatic rings. The molecule has 138 valence electrons. The number of fused-ring (bicyclic) bond motifs is 2. The van der Waals surface area contributed by atoms with Gasteiger partial charge in [-0.1, -0.05) is 35.4 Å². The molecule has 0 aromatic carbocycles. The number of hydrogen-bond donors (Lipinski definition) is 0. The van der Waals surface area contributed by atoms with Crippen LogP contribution in [0.4, 0.5) is 0 Å². The fourth-order valence-electron chi connectivity index (χ4n) is 5.79. The van der Waals surface area contributed by atoms with Crippen molar-refractivity contribution in [3.05, 3.63) is 33.4 Å². The monoisotopic (exact) mass is 436 g/mol. The molecule has 1 aliphatic heterocycles. The van der Waals surface area contributed by atoms with Gasteiger partial charge in [-0.3, -0.25) is 0 Å². The Hall–Kier alpha value is -0.560. The Morgan fingerprint density at radius 1 is 0.885 bits per heavy atom. The summed E-state index contributed by atoms with van der Waals surface area (Å²) < 4.78 is 16.3. The second kappa shape index (κ2) is 4.88. The van der Waals surface area contributed by atoms with Crippen molar-refractivity contribution < 1.29 is 23.8 Å². The second-order valence-corrected chi connectivity index (χ2v) is 9.02. The molecular formula is C17H12Cl4O5. The van der Waals surface area contributed by atoms with Crippen LogP contribution in [0.25, 0.3) is 0 Å². The van der Waals surface area contributed by atoms with Gasteiger partial charge in [-0.05, 0) is 0 Å². The van der Waals surface area contributed by atoms with Gasteiger partial charge in [0.25, 0.3) is 0 Å². The maximum absolute atomic E-state index is 12.3. The Kier molecular flexibility index (Phi) is 3.29. The Bertz CT molecular complexity index is 824. The molecule has 4 bridgehead atoms. The SMILES string of the molecule is COC1(OC)[C@@]2(Cl)C(Cl)=C(Cl)[C@]1(Cl)[C@H]1[C@@H]2[C@H]2C=C[C@@H]1C1=C2C(=O)OC1=O. The first kappa shape index (κ1) is 17.5. The number of carbonyl (C=O) groups excluding carboxylic acids is 2. The number of rotatable bonds is 2. The number of cyclic esters (lactones) is 2. The summed E-state index contributed by atoms with van der Waals surface area (Å²) in [5.41, 5.74) is 0.636. The Morgan fingerprint density at radius 2 is 1.27 bits per heavy atom. The summed E-state index contributed by atoms with van der Waals surface area (Å²) in [5.74, 6) is -4.77. The van der Waals surface area contributed by atoms with E-state index in [0.717, 1.165) is 0 Å². The summed E-state index contributed by atoms with van der Waals surface area (Å²) >= 11 is 27.3. The molecule has 0 unspecified atom stereocenters. The third-order valence-corrected chi connectivity index (χ3v) is 9.20. The van der Waals surface area contributed by atoms with Gasteiger partial charge in [-0.2, -0.15) is 0 Å². The van der Waals surface area contributed by atoms with Crippen molar-refractivity contribution in [1.82, 2.24) is 0 Å². The highest BCUT2D eigenvalue weighted by molar-refractivity contribution is 6.52. The van der Waals surface area contributed by atoms with E-state index in [4.69, 9.17) is 60.6 Å². The zero-order valence-electron chi connectivity index (χ0n) is 13.5. The van der Waals surface area contributed by atoms with E-state index in [0.29, 0.717) is 11.1 Å². The number of methoxy groups -OCH3 is 2. The molecule has 5 aliphatic carbocycles. The molecule has 5 nitrogen and oxygen atoms in total. The number of ether oxygens (including phenoxy) is 3. The van der Waals surface area contributed by atoms with Crippen molar-refractivity contribution in [2.45, 2.75) is 15.5 Å². The lowest BCUT2D eigenvalue weighted by Crippen LogP contribution is -2.57. The van der Waals surface area contributed by atoms with Gasteiger partial charge in [0.1, 0.15) is 9.75 Å². The van der Waals surface area contributed by atoms with E-state index >= 15 is 0 Å².